The Morgan fingerprint density at radius 1 is 0.944 bits per heavy atom. The summed E-state index contributed by atoms with van der Waals surface area (Å²) in [6.07, 6.45) is 6.46. The molecule has 0 atom stereocenters. The van der Waals surface area contributed by atoms with Crippen LogP contribution < -0.4 is 0 Å². The second kappa shape index (κ2) is 14.8. The molecule has 0 aromatic heterocycles. The third-order valence-electron chi connectivity index (χ3n) is 2.55. The van der Waals surface area contributed by atoms with Crippen molar-refractivity contribution in [2.45, 2.75) is 52.4 Å². The average Bonchev–Trinajstić information content (AvgIpc) is 2.36. The van der Waals surface area contributed by atoms with Gasteiger partial charge in [-0.05, 0) is 32.4 Å². The van der Waals surface area contributed by atoms with Crippen LogP contribution in [0.2, 0.25) is 0 Å². The molecule has 18 heavy (non-hydrogen) atoms. The first-order valence-electron chi connectivity index (χ1n) is 7.12. The van der Waals surface area contributed by atoms with Gasteiger partial charge >= 0.3 is 5.97 Å². The summed E-state index contributed by atoms with van der Waals surface area (Å²) in [6, 6.07) is 0. The Balaban J connectivity index is 3.01. The monoisotopic (exact) mass is 276 g/mol. The van der Waals surface area contributed by atoms with E-state index in [0.717, 1.165) is 31.8 Å². The molecule has 0 fully saturated rings. The van der Waals surface area contributed by atoms with Gasteiger partial charge < -0.3 is 9.47 Å². The zero-order chi connectivity index (χ0) is 13.5. The van der Waals surface area contributed by atoms with Crippen molar-refractivity contribution in [1.29, 1.82) is 0 Å². The van der Waals surface area contributed by atoms with Gasteiger partial charge in [-0.25, -0.2) is 0 Å². The molecule has 0 N–H and O–H groups in total. The first kappa shape index (κ1) is 17.8. The Morgan fingerprint density at radius 2 is 1.67 bits per heavy atom. The van der Waals surface area contributed by atoms with Crippen molar-refractivity contribution >= 4 is 17.7 Å². The fourth-order valence-electron chi connectivity index (χ4n) is 1.60. The molecule has 0 heterocycles. The van der Waals surface area contributed by atoms with Crippen molar-refractivity contribution in [2.24, 2.45) is 0 Å². The summed E-state index contributed by atoms with van der Waals surface area (Å²) >= 11 is 1.97. The predicted molar refractivity (Wildman–Crippen MR) is 78.2 cm³/mol. The molecule has 0 aliphatic carbocycles. The maximum atomic E-state index is 11.1. The molecule has 0 aliphatic rings. The maximum Gasteiger partial charge on any atom is 0.305 e. The Labute approximate surface area is 116 Å². The van der Waals surface area contributed by atoms with Gasteiger partial charge in [0.15, 0.2) is 0 Å². The Morgan fingerprint density at radius 3 is 2.39 bits per heavy atom. The number of esters is 1. The zero-order valence-electron chi connectivity index (χ0n) is 11.9. The highest BCUT2D eigenvalue weighted by Crippen LogP contribution is 2.10. The first-order valence-corrected chi connectivity index (χ1v) is 8.27. The molecule has 0 aliphatic heterocycles. The van der Waals surface area contributed by atoms with Crippen molar-refractivity contribution in [3.8, 4) is 0 Å². The number of carbonyl (C=O) groups is 1. The van der Waals surface area contributed by atoms with Gasteiger partial charge in [-0.3, -0.25) is 4.79 Å². The number of ether oxygens (including phenoxy) is 2. The molecule has 0 aromatic carbocycles. The highest BCUT2D eigenvalue weighted by atomic mass is 32.2. The molecular weight excluding hydrogens is 248 g/mol. The Bertz CT molecular complexity index is 186. The predicted octanol–water partition coefficient (Wildman–Crippen LogP) is 3.66. The SMILES string of the molecule is CCOCCSCCCCCCCC(=O)OCC. The number of rotatable bonds is 13. The minimum absolute atomic E-state index is 0.0519. The van der Waals surface area contributed by atoms with E-state index in [1.165, 1.54) is 25.0 Å². The van der Waals surface area contributed by atoms with Gasteiger partial charge in [0.05, 0.1) is 13.2 Å². The van der Waals surface area contributed by atoms with E-state index in [4.69, 9.17) is 9.47 Å². The molecule has 0 saturated heterocycles. The van der Waals surface area contributed by atoms with Crippen molar-refractivity contribution in [1.82, 2.24) is 0 Å². The van der Waals surface area contributed by atoms with Crippen molar-refractivity contribution < 1.29 is 14.3 Å². The molecule has 0 unspecified atom stereocenters. The molecule has 0 rings (SSSR count). The zero-order valence-corrected chi connectivity index (χ0v) is 12.7. The van der Waals surface area contributed by atoms with E-state index in [-0.39, 0.29) is 5.97 Å². The van der Waals surface area contributed by atoms with Gasteiger partial charge in [-0.1, -0.05) is 19.3 Å². The van der Waals surface area contributed by atoms with E-state index < -0.39 is 0 Å². The molecule has 0 saturated carbocycles. The highest BCUT2D eigenvalue weighted by molar-refractivity contribution is 7.99. The van der Waals surface area contributed by atoms with Gasteiger partial charge in [0.1, 0.15) is 0 Å². The van der Waals surface area contributed by atoms with Crippen LogP contribution in [0, 0.1) is 0 Å². The summed E-state index contributed by atoms with van der Waals surface area (Å²) < 4.78 is 10.2. The average molecular weight is 276 g/mol. The van der Waals surface area contributed by atoms with Gasteiger partial charge in [0, 0.05) is 18.8 Å². The number of carbonyl (C=O) groups excluding carboxylic acids is 1. The third-order valence-corrected chi connectivity index (χ3v) is 3.58. The van der Waals surface area contributed by atoms with Crippen LogP contribution in [0.15, 0.2) is 0 Å². The van der Waals surface area contributed by atoms with Crippen LogP contribution in [0.5, 0.6) is 0 Å². The summed E-state index contributed by atoms with van der Waals surface area (Å²) in [4.78, 5) is 11.1. The third kappa shape index (κ3) is 13.8. The van der Waals surface area contributed by atoms with Gasteiger partial charge in [0.25, 0.3) is 0 Å². The molecule has 0 amide bonds. The number of thioether (sulfide) groups is 1. The summed E-state index contributed by atoms with van der Waals surface area (Å²) in [7, 11) is 0. The largest absolute Gasteiger partial charge is 0.466 e. The van der Waals surface area contributed by atoms with Crippen LogP contribution in [0.1, 0.15) is 52.4 Å². The molecule has 0 spiro atoms. The summed E-state index contributed by atoms with van der Waals surface area (Å²) in [5.41, 5.74) is 0. The fraction of sp³-hybridized carbons (Fsp3) is 0.929. The molecular formula is C14H28O3S. The van der Waals surface area contributed by atoms with E-state index >= 15 is 0 Å². The number of unbranched alkanes of at least 4 members (excludes halogenated alkanes) is 4. The summed E-state index contributed by atoms with van der Waals surface area (Å²) in [6.45, 7) is 6.07. The molecule has 0 aromatic rings. The quantitative estimate of drug-likeness (QED) is 0.380. The van der Waals surface area contributed by atoms with Gasteiger partial charge in [-0.2, -0.15) is 11.8 Å². The second-order valence-corrected chi connectivity index (χ2v) is 5.36. The molecule has 3 nitrogen and oxygen atoms in total. The van der Waals surface area contributed by atoms with Crippen LogP contribution in [0.3, 0.4) is 0 Å². The highest BCUT2D eigenvalue weighted by Gasteiger charge is 2.00. The standard InChI is InChI=1S/C14H28O3S/c1-3-16-11-13-18-12-9-7-5-6-8-10-14(15)17-4-2/h3-13H2,1-2H3. The van der Waals surface area contributed by atoms with Crippen LogP contribution in [-0.4, -0.2) is 37.3 Å². The molecule has 0 radical (unpaired) electrons. The normalized spacial score (nSPS) is 10.6. The minimum atomic E-state index is -0.0519. The van der Waals surface area contributed by atoms with E-state index in [1.54, 1.807) is 0 Å². The number of hydrogen-bond donors (Lipinski definition) is 0. The first-order chi connectivity index (χ1) is 8.81. The van der Waals surface area contributed by atoms with E-state index in [1.807, 2.05) is 25.6 Å². The van der Waals surface area contributed by atoms with Crippen LogP contribution in [-0.2, 0) is 14.3 Å². The topological polar surface area (TPSA) is 35.5 Å². The van der Waals surface area contributed by atoms with E-state index in [9.17, 15) is 4.79 Å². The summed E-state index contributed by atoms with van der Waals surface area (Å²) in [5, 5.41) is 0. The smallest absolute Gasteiger partial charge is 0.305 e. The molecule has 0 bridgehead atoms. The lowest BCUT2D eigenvalue weighted by atomic mass is 10.1. The Kier molecular flexibility index (Phi) is 14.7. The minimum Gasteiger partial charge on any atom is -0.466 e. The fourth-order valence-corrected chi connectivity index (χ4v) is 2.45. The lowest BCUT2D eigenvalue weighted by Gasteiger charge is -2.03. The van der Waals surface area contributed by atoms with Crippen LogP contribution >= 0.6 is 11.8 Å². The molecule has 4 heteroatoms. The van der Waals surface area contributed by atoms with Gasteiger partial charge in [0.2, 0.25) is 0 Å². The maximum absolute atomic E-state index is 11.1. The summed E-state index contributed by atoms with van der Waals surface area (Å²) in [5.74, 6) is 2.28. The van der Waals surface area contributed by atoms with Crippen molar-refractivity contribution in [3.05, 3.63) is 0 Å². The van der Waals surface area contributed by atoms with Crippen LogP contribution in [0.25, 0.3) is 0 Å². The van der Waals surface area contributed by atoms with E-state index in [2.05, 4.69) is 0 Å². The number of hydrogen-bond acceptors (Lipinski definition) is 4. The van der Waals surface area contributed by atoms with Crippen molar-refractivity contribution in [2.75, 3.05) is 31.3 Å². The lowest BCUT2D eigenvalue weighted by Crippen LogP contribution is -2.03. The lowest BCUT2D eigenvalue weighted by molar-refractivity contribution is -0.143. The van der Waals surface area contributed by atoms with Gasteiger partial charge in [-0.15, -0.1) is 0 Å². The van der Waals surface area contributed by atoms with Crippen molar-refractivity contribution in [3.63, 3.8) is 0 Å². The molecule has 108 valence electrons. The Hall–Kier alpha value is -0.220. The second-order valence-electron chi connectivity index (χ2n) is 4.13. The van der Waals surface area contributed by atoms with E-state index in [0.29, 0.717) is 13.0 Å². The van der Waals surface area contributed by atoms with Crippen LogP contribution in [0.4, 0.5) is 0 Å².